The number of hydrogen-bond acceptors (Lipinski definition) is 3. The number of nitrogens with one attached hydrogen (secondary N) is 1. The van der Waals surface area contributed by atoms with Crippen LogP contribution in [-0.4, -0.2) is 49.7 Å². The second-order valence-electron chi connectivity index (χ2n) is 5.28. The lowest BCUT2D eigenvalue weighted by molar-refractivity contribution is -0.136. The van der Waals surface area contributed by atoms with E-state index in [4.69, 9.17) is 4.74 Å². The summed E-state index contributed by atoms with van der Waals surface area (Å²) >= 11 is 0. The number of piperidine rings is 1. The van der Waals surface area contributed by atoms with Crippen LogP contribution in [-0.2, 0) is 9.53 Å². The Balaban J connectivity index is 2.11. The fraction of sp³-hybridized carbons (Fsp3) is 0.917. The summed E-state index contributed by atoms with van der Waals surface area (Å²) < 4.78 is 5.46. The summed E-state index contributed by atoms with van der Waals surface area (Å²) in [5.74, 6) is 1.17. The largest absolute Gasteiger partial charge is 0.371 e. The number of nitrogens with zero attached hydrogens (tertiary/aromatic N) is 1. The van der Waals surface area contributed by atoms with Gasteiger partial charge in [0.25, 0.3) is 0 Å². The molecule has 0 radical (unpaired) electrons. The second-order valence-corrected chi connectivity index (χ2v) is 5.28. The Morgan fingerprint density at radius 3 is 3.12 bits per heavy atom. The molecular formula is C12H22N2O2. The molecule has 0 spiro atoms. The maximum atomic E-state index is 12.0. The van der Waals surface area contributed by atoms with Crippen molar-refractivity contribution >= 4 is 5.91 Å². The van der Waals surface area contributed by atoms with Crippen molar-refractivity contribution in [3.63, 3.8) is 0 Å². The topological polar surface area (TPSA) is 41.6 Å². The summed E-state index contributed by atoms with van der Waals surface area (Å²) in [6, 6.07) is 0.388. The van der Waals surface area contributed by atoms with Crippen LogP contribution in [0.4, 0.5) is 0 Å². The van der Waals surface area contributed by atoms with Crippen molar-refractivity contribution in [1.82, 2.24) is 10.2 Å². The number of carbonyl (C=O) groups is 1. The van der Waals surface area contributed by atoms with Crippen molar-refractivity contribution < 1.29 is 9.53 Å². The van der Waals surface area contributed by atoms with Gasteiger partial charge in [-0.3, -0.25) is 4.79 Å². The zero-order valence-corrected chi connectivity index (χ0v) is 10.2. The Labute approximate surface area is 97.3 Å². The quantitative estimate of drug-likeness (QED) is 0.744. The summed E-state index contributed by atoms with van der Waals surface area (Å²) in [6.45, 7) is 8.17. The van der Waals surface area contributed by atoms with Gasteiger partial charge in [0.2, 0.25) is 5.91 Å². The minimum Gasteiger partial charge on any atom is -0.371 e. The van der Waals surface area contributed by atoms with Gasteiger partial charge in [-0.1, -0.05) is 13.8 Å². The lowest BCUT2D eigenvalue weighted by Gasteiger charge is -2.38. The van der Waals surface area contributed by atoms with Crippen LogP contribution in [0.3, 0.4) is 0 Å². The van der Waals surface area contributed by atoms with Gasteiger partial charge in [0.15, 0.2) is 0 Å². The highest BCUT2D eigenvalue weighted by Crippen LogP contribution is 2.22. The van der Waals surface area contributed by atoms with Crippen LogP contribution < -0.4 is 5.32 Å². The zero-order valence-electron chi connectivity index (χ0n) is 10.2. The van der Waals surface area contributed by atoms with Gasteiger partial charge in [0.05, 0.1) is 6.61 Å². The molecule has 4 heteroatoms. The molecule has 0 aromatic rings. The number of carbonyl (C=O) groups excluding carboxylic acids is 1. The summed E-state index contributed by atoms with van der Waals surface area (Å²) in [7, 11) is 0. The Bertz CT molecular complexity index is 255. The Hall–Kier alpha value is -0.610. The van der Waals surface area contributed by atoms with Gasteiger partial charge in [-0.25, -0.2) is 0 Å². The smallest absolute Gasteiger partial charge is 0.248 e. The standard InChI is InChI=1S/C12H22N2O2/c1-9(2)6-14-11-3-4-13-5-10(11)7-16-8-12(14)15/h9-11,13H,3-8H2,1-2H3/t10-,11-/m0/s1. The van der Waals surface area contributed by atoms with Crippen LogP contribution in [0, 0.1) is 11.8 Å². The maximum absolute atomic E-state index is 12.0. The number of hydrogen-bond donors (Lipinski definition) is 1. The SMILES string of the molecule is CC(C)CN1C(=O)COC[C@@H]2CNCC[C@@H]21. The van der Waals surface area contributed by atoms with Gasteiger partial charge in [0, 0.05) is 25.0 Å². The van der Waals surface area contributed by atoms with Crippen LogP contribution in [0.5, 0.6) is 0 Å². The van der Waals surface area contributed by atoms with Crippen molar-refractivity contribution in [2.75, 3.05) is 32.8 Å². The average Bonchev–Trinajstić information content (AvgIpc) is 2.40. The molecule has 2 rings (SSSR count). The molecule has 0 saturated carbocycles. The third-order valence-electron chi connectivity index (χ3n) is 3.41. The van der Waals surface area contributed by atoms with E-state index in [2.05, 4.69) is 24.1 Å². The normalized spacial score (nSPS) is 31.4. The summed E-state index contributed by atoms with van der Waals surface area (Å²) in [6.07, 6.45) is 1.06. The van der Waals surface area contributed by atoms with E-state index >= 15 is 0 Å². The monoisotopic (exact) mass is 226 g/mol. The molecule has 2 saturated heterocycles. The number of fused-ring (bicyclic) bond motifs is 1. The van der Waals surface area contributed by atoms with E-state index < -0.39 is 0 Å². The maximum Gasteiger partial charge on any atom is 0.248 e. The van der Waals surface area contributed by atoms with E-state index in [0.717, 1.165) is 32.7 Å². The van der Waals surface area contributed by atoms with Gasteiger partial charge in [-0.2, -0.15) is 0 Å². The van der Waals surface area contributed by atoms with Gasteiger partial charge in [-0.05, 0) is 18.9 Å². The summed E-state index contributed by atoms with van der Waals surface area (Å²) in [5.41, 5.74) is 0. The predicted octanol–water partition coefficient (Wildman–Crippen LogP) is 0.479. The molecule has 0 bridgehead atoms. The first-order valence-electron chi connectivity index (χ1n) is 6.26. The second kappa shape index (κ2) is 5.15. The third kappa shape index (κ3) is 2.55. The molecule has 0 unspecified atom stereocenters. The van der Waals surface area contributed by atoms with Gasteiger partial charge < -0.3 is 15.0 Å². The average molecular weight is 226 g/mol. The molecule has 0 aromatic heterocycles. The molecule has 1 N–H and O–H groups in total. The highest BCUT2D eigenvalue weighted by Gasteiger charge is 2.35. The number of ether oxygens (including phenoxy) is 1. The van der Waals surface area contributed by atoms with Gasteiger partial charge in [0.1, 0.15) is 6.61 Å². The molecule has 4 nitrogen and oxygen atoms in total. The Morgan fingerprint density at radius 2 is 2.38 bits per heavy atom. The fourth-order valence-electron chi connectivity index (χ4n) is 2.69. The third-order valence-corrected chi connectivity index (χ3v) is 3.41. The molecule has 2 aliphatic rings. The highest BCUT2D eigenvalue weighted by molar-refractivity contribution is 5.78. The van der Waals surface area contributed by atoms with Gasteiger partial charge in [-0.15, -0.1) is 0 Å². The van der Waals surface area contributed by atoms with Crippen LogP contribution in [0.15, 0.2) is 0 Å². The van der Waals surface area contributed by atoms with Crippen LogP contribution in [0.25, 0.3) is 0 Å². The minimum absolute atomic E-state index is 0.170. The first-order valence-corrected chi connectivity index (χ1v) is 6.26. The first-order chi connectivity index (χ1) is 7.68. The number of rotatable bonds is 2. The van der Waals surface area contributed by atoms with E-state index in [1.54, 1.807) is 0 Å². The molecule has 0 aromatic carbocycles. The fourth-order valence-corrected chi connectivity index (χ4v) is 2.69. The van der Waals surface area contributed by atoms with Crippen molar-refractivity contribution in [3.8, 4) is 0 Å². The van der Waals surface area contributed by atoms with E-state index in [1.807, 2.05) is 0 Å². The lowest BCUT2D eigenvalue weighted by atomic mass is 9.92. The molecular weight excluding hydrogens is 204 g/mol. The van der Waals surface area contributed by atoms with Crippen LogP contribution in [0.1, 0.15) is 20.3 Å². The summed E-state index contributed by atoms with van der Waals surface area (Å²) in [4.78, 5) is 14.0. The van der Waals surface area contributed by atoms with E-state index in [0.29, 0.717) is 17.9 Å². The predicted molar refractivity (Wildman–Crippen MR) is 62.1 cm³/mol. The molecule has 2 heterocycles. The molecule has 2 atom stereocenters. The minimum atomic E-state index is 0.170. The molecule has 2 fully saturated rings. The molecule has 16 heavy (non-hydrogen) atoms. The van der Waals surface area contributed by atoms with Crippen LogP contribution >= 0.6 is 0 Å². The summed E-state index contributed by atoms with van der Waals surface area (Å²) in [5, 5.41) is 3.38. The molecule has 1 amide bonds. The van der Waals surface area contributed by atoms with Crippen molar-refractivity contribution in [3.05, 3.63) is 0 Å². The van der Waals surface area contributed by atoms with E-state index in [-0.39, 0.29) is 12.5 Å². The molecule has 2 aliphatic heterocycles. The number of amides is 1. The van der Waals surface area contributed by atoms with Gasteiger partial charge >= 0.3 is 0 Å². The van der Waals surface area contributed by atoms with Crippen molar-refractivity contribution in [1.29, 1.82) is 0 Å². The highest BCUT2D eigenvalue weighted by atomic mass is 16.5. The van der Waals surface area contributed by atoms with Crippen molar-refractivity contribution in [2.45, 2.75) is 26.3 Å². The Morgan fingerprint density at radius 1 is 1.56 bits per heavy atom. The first kappa shape index (κ1) is 11.9. The molecule has 92 valence electrons. The van der Waals surface area contributed by atoms with E-state index in [9.17, 15) is 4.79 Å². The van der Waals surface area contributed by atoms with Crippen molar-refractivity contribution in [2.24, 2.45) is 11.8 Å². The lowest BCUT2D eigenvalue weighted by Crippen LogP contribution is -2.52. The Kier molecular flexibility index (Phi) is 3.82. The van der Waals surface area contributed by atoms with Crippen LogP contribution in [0.2, 0.25) is 0 Å². The zero-order chi connectivity index (χ0) is 11.5. The molecule has 0 aliphatic carbocycles. The van der Waals surface area contributed by atoms with E-state index in [1.165, 1.54) is 0 Å².